The first-order valence-electron chi connectivity index (χ1n) is 8.43. The minimum absolute atomic E-state index is 0.0707. The molecule has 5 nitrogen and oxygen atoms in total. The molecule has 2 amide bonds. The molecule has 1 aliphatic rings. The summed E-state index contributed by atoms with van der Waals surface area (Å²) in [6.45, 7) is 2.11. The number of hydroxylamine groups is 1. The van der Waals surface area contributed by atoms with Crippen LogP contribution in [-0.2, 0) is 21.4 Å². The molecule has 0 bridgehead atoms. The summed E-state index contributed by atoms with van der Waals surface area (Å²) in [5, 5.41) is 8.90. The van der Waals surface area contributed by atoms with Gasteiger partial charge in [-0.2, -0.15) is 0 Å². The van der Waals surface area contributed by atoms with Crippen LogP contribution in [-0.4, -0.2) is 34.5 Å². The molecule has 1 heterocycles. The van der Waals surface area contributed by atoms with Crippen LogP contribution in [0.15, 0.2) is 60.7 Å². The van der Waals surface area contributed by atoms with E-state index in [0.29, 0.717) is 19.4 Å². The molecule has 5 heteroatoms. The zero-order valence-corrected chi connectivity index (χ0v) is 14.2. The highest BCUT2D eigenvalue weighted by atomic mass is 16.5. The van der Waals surface area contributed by atoms with Crippen LogP contribution in [0.1, 0.15) is 24.5 Å². The number of rotatable bonds is 5. The summed E-state index contributed by atoms with van der Waals surface area (Å²) in [6, 6.07) is 19.0. The Hall–Kier alpha value is -2.66. The van der Waals surface area contributed by atoms with Gasteiger partial charge in [-0.05, 0) is 30.9 Å². The average molecular weight is 338 g/mol. The third kappa shape index (κ3) is 3.15. The van der Waals surface area contributed by atoms with E-state index in [1.807, 2.05) is 60.7 Å². The summed E-state index contributed by atoms with van der Waals surface area (Å²) in [7, 11) is 0. The molecule has 2 atom stereocenters. The molecule has 2 aromatic carbocycles. The Balaban J connectivity index is 1.99. The van der Waals surface area contributed by atoms with Gasteiger partial charge in [0.25, 0.3) is 5.91 Å². The number of hydrogen-bond donors (Lipinski definition) is 2. The number of nitrogens with zero attached hydrogens (tertiary/aromatic N) is 1. The van der Waals surface area contributed by atoms with Crippen molar-refractivity contribution in [1.29, 1.82) is 0 Å². The molecular formula is C20H22N2O3. The zero-order chi connectivity index (χ0) is 17.9. The van der Waals surface area contributed by atoms with Crippen molar-refractivity contribution in [1.82, 2.24) is 10.4 Å². The molecule has 0 spiro atoms. The Morgan fingerprint density at radius 1 is 1.16 bits per heavy atom. The second kappa shape index (κ2) is 7.07. The van der Waals surface area contributed by atoms with Crippen LogP contribution in [0.3, 0.4) is 0 Å². The van der Waals surface area contributed by atoms with E-state index in [2.05, 4.69) is 0 Å². The van der Waals surface area contributed by atoms with Crippen LogP contribution in [0.25, 0.3) is 0 Å². The number of nitrogens with one attached hydrogen (secondary N) is 1. The fourth-order valence-corrected chi connectivity index (χ4v) is 3.63. The lowest BCUT2D eigenvalue weighted by atomic mass is 9.74. The van der Waals surface area contributed by atoms with Gasteiger partial charge in [-0.15, -0.1) is 0 Å². The maximum Gasteiger partial charge on any atom is 0.265 e. The van der Waals surface area contributed by atoms with Gasteiger partial charge in [-0.25, -0.2) is 5.48 Å². The normalized spacial score (nSPS) is 21.2. The summed E-state index contributed by atoms with van der Waals surface area (Å²) in [6.07, 6.45) is 1.22. The lowest BCUT2D eigenvalue weighted by molar-refractivity contribution is -0.143. The molecule has 0 aromatic heterocycles. The summed E-state index contributed by atoms with van der Waals surface area (Å²) < 4.78 is 0. The fourth-order valence-electron chi connectivity index (χ4n) is 3.63. The highest BCUT2D eigenvalue weighted by molar-refractivity contribution is 5.94. The standard InChI is InChI=1S/C20H22N2O3/c1-15(18(23)21-25)22-13-12-20(19(22)24,17-10-6-3-7-11-17)14-16-8-4-2-5-9-16/h2-11,15,25H,12-14H2,1H3,(H,21,23). The van der Waals surface area contributed by atoms with Crippen LogP contribution in [0.5, 0.6) is 0 Å². The molecule has 25 heavy (non-hydrogen) atoms. The first-order chi connectivity index (χ1) is 12.1. The number of amides is 2. The fraction of sp³-hybridized carbons (Fsp3) is 0.300. The first-order valence-corrected chi connectivity index (χ1v) is 8.43. The summed E-state index contributed by atoms with van der Waals surface area (Å²) in [4.78, 5) is 26.7. The Labute approximate surface area is 147 Å². The quantitative estimate of drug-likeness (QED) is 0.649. The van der Waals surface area contributed by atoms with E-state index in [-0.39, 0.29) is 5.91 Å². The van der Waals surface area contributed by atoms with Crippen molar-refractivity contribution in [2.24, 2.45) is 0 Å². The van der Waals surface area contributed by atoms with Gasteiger partial charge in [0.15, 0.2) is 0 Å². The monoisotopic (exact) mass is 338 g/mol. The van der Waals surface area contributed by atoms with Crippen molar-refractivity contribution in [2.45, 2.75) is 31.2 Å². The zero-order valence-electron chi connectivity index (χ0n) is 14.2. The molecule has 1 fully saturated rings. The summed E-state index contributed by atoms with van der Waals surface area (Å²) in [5.41, 5.74) is 3.00. The van der Waals surface area contributed by atoms with Gasteiger partial charge < -0.3 is 4.90 Å². The molecular weight excluding hydrogens is 316 g/mol. The number of carbonyl (C=O) groups is 2. The molecule has 2 unspecified atom stereocenters. The molecule has 2 N–H and O–H groups in total. The van der Waals surface area contributed by atoms with E-state index < -0.39 is 17.4 Å². The highest BCUT2D eigenvalue weighted by Crippen LogP contribution is 2.39. The topological polar surface area (TPSA) is 69.6 Å². The molecule has 2 aromatic rings. The van der Waals surface area contributed by atoms with Crippen molar-refractivity contribution < 1.29 is 14.8 Å². The van der Waals surface area contributed by atoms with Gasteiger partial charge in [-0.3, -0.25) is 14.8 Å². The van der Waals surface area contributed by atoms with Gasteiger partial charge in [0.2, 0.25) is 5.91 Å². The molecule has 1 saturated heterocycles. The van der Waals surface area contributed by atoms with Gasteiger partial charge in [0.1, 0.15) is 6.04 Å². The van der Waals surface area contributed by atoms with Crippen LogP contribution < -0.4 is 5.48 Å². The first kappa shape index (κ1) is 17.2. The second-order valence-electron chi connectivity index (χ2n) is 6.51. The molecule has 0 radical (unpaired) electrons. The van der Waals surface area contributed by atoms with Gasteiger partial charge in [0, 0.05) is 6.54 Å². The number of likely N-dealkylation sites (tertiary alicyclic amines) is 1. The van der Waals surface area contributed by atoms with Crippen molar-refractivity contribution >= 4 is 11.8 Å². The summed E-state index contributed by atoms with van der Waals surface area (Å²) in [5.74, 6) is -0.643. The maximum atomic E-state index is 13.4. The lowest BCUT2D eigenvalue weighted by Gasteiger charge is -2.30. The van der Waals surface area contributed by atoms with Crippen molar-refractivity contribution in [2.75, 3.05) is 6.54 Å². The SMILES string of the molecule is CC(C(=O)NO)N1CCC(Cc2ccccc2)(c2ccccc2)C1=O. The highest BCUT2D eigenvalue weighted by Gasteiger charge is 2.49. The Kier molecular flexibility index (Phi) is 4.86. The van der Waals surface area contributed by atoms with Gasteiger partial charge in [0.05, 0.1) is 5.41 Å². The van der Waals surface area contributed by atoms with Gasteiger partial charge in [-0.1, -0.05) is 60.7 Å². The van der Waals surface area contributed by atoms with E-state index in [4.69, 9.17) is 5.21 Å². The van der Waals surface area contributed by atoms with Gasteiger partial charge >= 0.3 is 0 Å². The van der Waals surface area contributed by atoms with Crippen LogP contribution >= 0.6 is 0 Å². The second-order valence-corrected chi connectivity index (χ2v) is 6.51. The predicted octanol–water partition coefficient (Wildman–Crippen LogP) is 2.29. The van der Waals surface area contributed by atoms with Crippen molar-refractivity contribution in [3.63, 3.8) is 0 Å². The van der Waals surface area contributed by atoms with Crippen LogP contribution in [0.4, 0.5) is 0 Å². The van der Waals surface area contributed by atoms with Crippen LogP contribution in [0.2, 0.25) is 0 Å². The minimum atomic E-state index is -0.709. The van der Waals surface area contributed by atoms with Crippen molar-refractivity contribution in [3.05, 3.63) is 71.8 Å². The van der Waals surface area contributed by atoms with E-state index in [9.17, 15) is 9.59 Å². The Morgan fingerprint density at radius 2 is 1.76 bits per heavy atom. The van der Waals surface area contributed by atoms with Crippen molar-refractivity contribution in [3.8, 4) is 0 Å². The Morgan fingerprint density at radius 3 is 2.36 bits per heavy atom. The minimum Gasteiger partial charge on any atom is -0.330 e. The van der Waals surface area contributed by atoms with E-state index >= 15 is 0 Å². The molecule has 0 saturated carbocycles. The van der Waals surface area contributed by atoms with E-state index in [0.717, 1.165) is 11.1 Å². The molecule has 1 aliphatic heterocycles. The lowest BCUT2D eigenvalue weighted by Crippen LogP contribution is -2.48. The predicted molar refractivity (Wildman–Crippen MR) is 94.0 cm³/mol. The number of benzene rings is 2. The summed E-state index contributed by atoms with van der Waals surface area (Å²) >= 11 is 0. The number of hydrogen-bond acceptors (Lipinski definition) is 3. The van der Waals surface area contributed by atoms with E-state index in [1.165, 1.54) is 0 Å². The average Bonchev–Trinajstić information content (AvgIpc) is 2.99. The smallest absolute Gasteiger partial charge is 0.265 e. The molecule has 3 rings (SSSR count). The third-order valence-electron chi connectivity index (χ3n) is 5.08. The molecule has 0 aliphatic carbocycles. The van der Waals surface area contributed by atoms with E-state index in [1.54, 1.807) is 17.3 Å². The molecule has 130 valence electrons. The Bertz CT molecular complexity index is 748. The van der Waals surface area contributed by atoms with Crippen LogP contribution in [0, 0.1) is 0 Å². The number of carbonyl (C=O) groups excluding carboxylic acids is 2. The largest absolute Gasteiger partial charge is 0.330 e. The third-order valence-corrected chi connectivity index (χ3v) is 5.08. The maximum absolute atomic E-state index is 13.4.